The summed E-state index contributed by atoms with van der Waals surface area (Å²) >= 11 is 1.67. The molecule has 0 saturated heterocycles. The fraction of sp³-hybridized carbons (Fsp3) is 0.462. The highest BCUT2D eigenvalue weighted by atomic mass is 32.2. The van der Waals surface area contributed by atoms with Crippen molar-refractivity contribution in [1.29, 1.82) is 0 Å². The van der Waals surface area contributed by atoms with E-state index in [0.717, 1.165) is 30.2 Å². The molecule has 1 heterocycles. The molecule has 0 unspecified atom stereocenters. The summed E-state index contributed by atoms with van der Waals surface area (Å²) in [6.45, 7) is 0.975. The van der Waals surface area contributed by atoms with Crippen LogP contribution in [0.15, 0.2) is 35.5 Å². The van der Waals surface area contributed by atoms with E-state index in [9.17, 15) is 0 Å². The van der Waals surface area contributed by atoms with Crippen LogP contribution < -0.4 is 0 Å². The van der Waals surface area contributed by atoms with Crippen LogP contribution in [0.3, 0.4) is 0 Å². The summed E-state index contributed by atoms with van der Waals surface area (Å²) < 4.78 is 1.83. The van der Waals surface area contributed by atoms with Crippen molar-refractivity contribution in [2.75, 3.05) is 12.4 Å². The summed E-state index contributed by atoms with van der Waals surface area (Å²) in [5.41, 5.74) is 1.19. The monoisotopic (exact) mass is 278 g/mol. The van der Waals surface area contributed by atoms with Crippen molar-refractivity contribution in [3.8, 4) is 0 Å². The van der Waals surface area contributed by atoms with Crippen LogP contribution in [0.25, 0.3) is 0 Å². The van der Waals surface area contributed by atoms with Crippen molar-refractivity contribution in [1.82, 2.24) is 20.2 Å². The Kier molecular flexibility index (Phi) is 5.84. The number of thioether (sulfide) groups is 1. The van der Waals surface area contributed by atoms with Gasteiger partial charge in [-0.3, -0.25) is 0 Å². The molecule has 2 aromatic rings. The third-order valence-electron chi connectivity index (χ3n) is 2.71. The number of aliphatic hydroxyl groups excluding tert-OH is 1. The van der Waals surface area contributed by atoms with Gasteiger partial charge in [0.25, 0.3) is 0 Å². The second-order valence-corrected chi connectivity index (χ2v) is 5.30. The van der Waals surface area contributed by atoms with Gasteiger partial charge in [0.1, 0.15) is 0 Å². The SMILES string of the molecule is OCCCCCSc1nnnn1Cc1ccccc1. The molecule has 0 fully saturated rings. The highest BCUT2D eigenvalue weighted by molar-refractivity contribution is 7.99. The number of hydrogen-bond acceptors (Lipinski definition) is 5. The van der Waals surface area contributed by atoms with Crippen molar-refractivity contribution in [3.05, 3.63) is 35.9 Å². The lowest BCUT2D eigenvalue weighted by Gasteiger charge is -2.04. The Labute approximate surface area is 117 Å². The second kappa shape index (κ2) is 7.91. The van der Waals surface area contributed by atoms with Crippen LogP contribution in [0.4, 0.5) is 0 Å². The van der Waals surface area contributed by atoms with Gasteiger partial charge in [-0.1, -0.05) is 48.5 Å². The van der Waals surface area contributed by atoms with Gasteiger partial charge < -0.3 is 5.11 Å². The quantitative estimate of drug-likeness (QED) is 0.591. The molecule has 6 heteroatoms. The Morgan fingerprint density at radius 3 is 2.74 bits per heavy atom. The van der Waals surface area contributed by atoms with E-state index in [4.69, 9.17) is 5.11 Å². The Morgan fingerprint density at radius 2 is 1.95 bits per heavy atom. The molecule has 19 heavy (non-hydrogen) atoms. The minimum Gasteiger partial charge on any atom is -0.396 e. The summed E-state index contributed by atoms with van der Waals surface area (Å²) in [5, 5.41) is 21.4. The first-order chi connectivity index (χ1) is 9.40. The number of rotatable bonds is 8. The van der Waals surface area contributed by atoms with Gasteiger partial charge in [0.05, 0.1) is 6.54 Å². The average molecular weight is 278 g/mol. The summed E-state index contributed by atoms with van der Waals surface area (Å²) in [6.07, 6.45) is 2.99. The van der Waals surface area contributed by atoms with E-state index in [1.54, 1.807) is 11.8 Å². The maximum Gasteiger partial charge on any atom is 0.209 e. The molecule has 1 N–H and O–H groups in total. The molecule has 0 atom stereocenters. The van der Waals surface area contributed by atoms with Crippen molar-refractivity contribution < 1.29 is 5.11 Å². The molecule has 0 radical (unpaired) electrons. The van der Waals surface area contributed by atoms with Crippen LogP contribution in [-0.4, -0.2) is 37.7 Å². The zero-order valence-corrected chi connectivity index (χ0v) is 11.6. The lowest BCUT2D eigenvalue weighted by Crippen LogP contribution is -2.04. The maximum absolute atomic E-state index is 8.71. The van der Waals surface area contributed by atoms with E-state index in [0.29, 0.717) is 6.54 Å². The minimum absolute atomic E-state index is 0.274. The Bertz CT molecular complexity index is 475. The Morgan fingerprint density at radius 1 is 1.11 bits per heavy atom. The van der Waals surface area contributed by atoms with Gasteiger partial charge in [0.2, 0.25) is 5.16 Å². The predicted molar refractivity (Wildman–Crippen MR) is 75.0 cm³/mol. The predicted octanol–water partition coefficient (Wildman–Crippen LogP) is 1.98. The Hall–Kier alpha value is -1.40. The minimum atomic E-state index is 0.274. The van der Waals surface area contributed by atoms with E-state index in [-0.39, 0.29) is 6.61 Å². The standard InChI is InChI=1S/C13H18N4OS/c18-9-5-2-6-10-19-13-14-15-16-17(13)11-12-7-3-1-4-8-12/h1,3-4,7-8,18H,2,5-6,9-11H2. The molecule has 0 spiro atoms. The summed E-state index contributed by atoms with van der Waals surface area (Å²) in [7, 11) is 0. The highest BCUT2D eigenvalue weighted by Crippen LogP contribution is 2.17. The van der Waals surface area contributed by atoms with E-state index in [1.165, 1.54) is 5.56 Å². The van der Waals surface area contributed by atoms with Gasteiger partial charge in [-0.05, 0) is 28.8 Å². The molecule has 1 aromatic carbocycles. The lowest BCUT2D eigenvalue weighted by molar-refractivity contribution is 0.284. The van der Waals surface area contributed by atoms with Gasteiger partial charge in [0.15, 0.2) is 0 Å². The molecule has 102 valence electrons. The van der Waals surface area contributed by atoms with Gasteiger partial charge in [-0.15, -0.1) is 5.10 Å². The average Bonchev–Trinajstić information content (AvgIpc) is 2.87. The van der Waals surface area contributed by atoms with Crippen LogP contribution in [0.1, 0.15) is 24.8 Å². The molecule has 5 nitrogen and oxygen atoms in total. The fourth-order valence-electron chi connectivity index (χ4n) is 1.71. The molecule has 2 rings (SSSR count). The van der Waals surface area contributed by atoms with Gasteiger partial charge in [-0.25, -0.2) is 4.68 Å². The highest BCUT2D eigenvalue weighted by Gasteiger charge is 2.06. The van der Waals surface area contributed by atoms with Crippen molar-refractivity contribution >= 4 is 11.8 Å². The topological polar surface area (TPSA) is 63.8 Å². The first kappa shape index (κ1) is 14.0. The van der Waals surface area contributed by atoms with Crippen LogP contribution in [-0.2, 0) is 6.54 Å². The van der Waals surface area contributed by atoms with Crippen molar-refractivity contribution in [2.45, 2.75) is 31.0 Å². The first-order valence-corrected chi connectivity index (χ1v) is 7.42. The molecular weight excluding hydrogens is 260 g/mol. The molecule has 1 aromatic heterocycles. The number of aliphatic hydroxyl groups is 1. The normalized spacial score (nSPS) is 10.8. The lowest BCUT2D eigenvalue weighted by atomic mass is 10.2. The molecule has 0 bridgehead atoms. The van der Waals surface area contributed by atoms with Gasteiger partial charge >= 0.3 is 0 Å². The van der Waals surface area contributed by atoms with Crippen LogP contribution in [0.5, 0.6) is 0 Å². The zero-order valence-electron chi connectivity index (χ0n) is 10.8. The van der Waals surface area contributed by atoms with Crippen LogP contribution in [0.2, 0.25) is 0 Å². The number of aromatic nitrogens is 4. The van der Waals surface area contributed by atoms with Crippen LogP contribution >= 0.6 is 11.8 Å². The summed E-state index contributed by atoms with van der Waals surface area (Å²) in [6, 6.07) is 10.2. The number of nitrogens with zero attached hydrogens (tertiary/aromatic N) is 4. The van der Waals surface area contributed by atoms with Crippen LogP contribution in [0, 0.1) is 0 Å². The maximum atomic E-state index is 8.71. The summed E-state index contributed by atoms with van der Waals surface area (Å²) in [4.78, 5) is 0. The number of unbranched alkanes of at least 4 members (excludes halogenated alkanes) is 2. The number of tetrazole rings is 1. The number of benzene rings is 1. The van der Waals surface area contributed by atoms with Crippen molar-refractivity contribution in [2.24, 2.45) is 0 Å². The van der Waals surface area contributed by atoms with Gasteiger partial charge in [-0.2, -0.15) is 0 Å². The molecule has 0 saturated carbocycles. The molecule has 0 amide bonds. The van der Waals surface area contributed by atoms with E-state index >= 15 is 0 Å². The molecular formula is C13H18N4OS. The van der Waals surface area contributed by atoms with E-state index < -0.39 is 0 Å². The first-order valence-electron chi connectivity index (χ1n) is 6.44. The third kappa shape index (κ3) is 4.65. The molecule has 0 aliphatic carbocycles. The zero-order chi connectivity index (χ0) is 13.3. The molecule has 0 aliphatic rings. The molecule has 0 aliphatic heterocycles. The van der Waals surface area contributed by atoms with E-state index in [2.05, 4.69) is 27.7 Å². The van der Waals surface area contributed by atoms with Gasteiger partial charge in [0, 0.05) is 12.4 Å². The summed E-state index contributed by atoms with van der Waals surface area (Å²) in [5.74, 6) is 0.981. The van der Waals surface area contributed by atoms with E-state index in [1.807, 2.05) is 22.9 Å². The van der Waals surface area contributed by atoms with Crippen molar-refractivity contribution in [3.63, 3.8) is 0 Å². The fourth-order valence-corrected chi connectivity index (χ4v) is 2.58. The Balaban J connectivity index is 1.84. The smallest absolute Gasteiger partial charge is 0.209 e. The third-order valence-corrected chi connectivity index (χ3v) is 3.75. The number of hydrogen-bond donors (Lipinski definition) is 1. The second-order valence-electron chi connectivity index (χ2n) is 4.24. The largest absolute Gasteiger partial charge is 0.396 e.